The lowest BCUT2D eigenvalue weighted by Crippen LogP contribution is -2.19. The number of carboxylic acid groups (broad SMARTS) is 2. The maximum Gasteiger partial charge on any atom is 0.326 e. The van der Waals surface area contributed by atoms with Gasteiger partial charge in [0.05, 0.1) is 0 Å². The van der Waals surface area contributed by atoms with Crippen LogP contribution in [0.2, 0.25) is 0 Å². The minimum absolute atomic E-state index is 0.265. The van der Waals surface area contributed by atoms with Gasteiger partial charge in [-0.3, -0.25) is 0 Å². The summed E-state index contributed by atoms with van der Waals surface area (Å²) in [5, 5.41) is 23.0. The topological polar surface area (TPSA) is 93.7 Å². The van der Waals surface area contributed by atoms with Crippen LogP contribution in [0, 0.1) is 11.8 Å². The van der Waals surface area contributed by atoms with Gasteiger partial charge in [0.2, 0.25) is 0 Å². The summed E-state index contributed by atoms with van der Waals surface area (Å²) >= 11 is 0. The van der Waals surface area contributed by atoms with Crippen LogP contribution in [0.1, 0.15) is 52.6 Å². The molecule has 7 heteroatoms. The van der Waals surface area contributed by atoms with Gasteiger partial charge in [-0.2, -0.15) is 0 Å². The van der Waals surface area contributed by atoms with Crippen LogP contribution >= 0.6 is 0 Å². The molecule has 2 aromatic heterocycles. The van der Waals surface area contributed by atoms with Crippen LogP contribution in [0.25, 0.3) is 21.5 Å². The molecule has 4 rings (SSSR count). The molecule has 35 heavy (non-hydrogen) atoms. The number of ether oxygens (including phenoxy) is 1. The average molecular weight is 477 g/mol. The first kappa shape index (κ1) is 24.4. The second-order valence-corrected chi connectivity index (χ2v) is 10.1. The van der Waals surface area contributed by atoms with Crippen molar-refractivity contribution in [3.63, 3.8) is 0 Å². The number of benzene rings is 2. The predicted octanol–water partition coefficient (Wildman–Crippen LogP) is 6.73. The molecule has 2 N–H and O–H groups in total. The van der Waals surface area contributed by atoms with Crippen LogP contribution in [0.5, 0.6) is 11.5 Å². The molecule has 0 radical (unpaired) electrons. The molecule has 0 saturated carbocycles. The number of hydrogen-bond donors (Lipinski definition) is 2. The largest absolute Gasteiger partial charge is 0.480 e. The Morgan fingerprint density at radius 3 is 1.40 bits per heavy atom. The Morgan fingerprint density at radius 1 is 0.686 bits per heavy atom. The zero-order valence-electron chi connectivity index (χ0n) is 20.5. The fraction of sp³-hybridized carbons (Fsp3) is 0.357. The summed E-state index contributed by atoms with van der Waals surface area (Å²) in [6, 6.07) is 10.2. The van der Waals surface area contributed by atoms with Crippen molar-refractivity contribution >= 4 is 33.5 Å². The molecule has 0 aliphatic carbocycles. The van der Waals surface area contributed by atoms with E-state index in [0.717, 1.165) is 21.5 Å². The van der Waals surface area contributed by atoms with Gasteiger partial charge in [0.15, 0.2) is 0 Å². The van der Waals surface area contributed by atoms with E-state index in [2.05, 4.69) is 0 Å². The van der Waals surface area contributed by atoms with Gasteiger partial charge in [-0.05, 0) is 71.8 Å². The number of aliphatic carboxylic acids is 2. The molecular formula is C28H32N2O5. The lowest BCUT2D eigenvalue weighted by molar-refractivity contribution is -0.142. The number of carboxylic acids is 2. The Labute approximate surface area is 204 Å². The van der Waals surface area contributed by atoms with Crippen LogP contribution in [-0.4, -0.2) is 31.3 Å². The van der Waals surface area contributed by atoms with E-state index in [1.165, 1.54) is 0 Å². The van der Waals surface area contributed by atoms with Crippen molar-refractivity contribution < 1.29 is 24.5 Å². The maximum absolute atomic E-state index is 11.8. The maximum atomic E-state index is 11.8. The molecule has 0 bridgehead atoms. The highest BCUT2D eigenvalue weighted by atomic mass is 16.5. The molecule has 0 unspecified atom stereocenters. The van der Waals surface area contributed by atoms with Crippen LogP contribution < -0.4 is 4.74 Å². The van der Waals surface area contributed by atoms with Crippen LogP contribution in [0.15, 0.2) is 61.2 Å². The lowest BCUT2D eigenvalue weighted by Gasteiger charge is -2.16. The standard InChI is InChI=1S/C28H32N2O5/c1-17(2)9-25(27(31)32)29-13-19-5-7-23(11-21(19)15-29)35-24-8-6-20-14-30(16-22(20)12-24)26(28(33)34)10-18(3)4/h5-8,11-18,25-26H,9-10H2,1-4H3,(H,31,32)(H,33,34)/t25-,26-/m0/s1. The molecule has 2 aromatic carbocycles. The van der Waals surface area contributed by atoms with Gasteiger partial charge in [0.1, 0.15) is 23.6 Å². The Balaban J connectivity index is 1.58. The van der Waals surface area contributed by atoms with Gasteiger partial charge in [0, 0.05) is 35.6 Å². The molecule has 2 heterocycles. The number of nitrogens with zero attached hydrogens (tertiary/aromatic N) is 2. The van der Waals surface area contributed by atoms with Crippen molar-refractivity contribution in [2.45, 2.75) is 52.6 Å². The van der Waals surface area contributed by atoms with Crippen molar-refractivity contribution in [1.82, 2.24) is 9.13 Å². The Kier molecular flexibility index (Phi) is 6.87. The highest BCUT2D eigenvalue weighted by Crippen LogP contribution is 2.31. The third kappa shape index (κ3) is 5.50. The van der Waals surface area contributed by atoms with Gasteiger partial charge in [-0.1, -0.05) is 27.7 Å². The summed E-state index contributed by atoms with van der Waals surface area (Å²) in [5.41, 5.74) is 0. The number of hydrogen-bond acceptors (Lipinski definition) is 3. The molecule has 0 amide bonds. The minimum atomic E-state index is -0.839. The number of rotatable bonds is 10. The molecule has 2 atom stereocenters. The SMILES string of the molecule is CC(C)C[C@@H](C(=O)O)n1cc2ccc(Oc3ccc4cn([C@@H](CC(C)C)C(=O)O)cc4c3)cc2c1. The van der Waals surface area contributed by atoms with Gasteiger partial charge in [-0.25, -0.2) is 9.59 Å². The van der Waals surface area contributed by atoms with Crippen molar-refractivity contribution in [2.24, 2.45) is 11.8 Å². The van der Waals surface area contributed by atoms with E-state index >= 15 is 0 Å². The molecule has 0 fully saturated rings. The number of fused-ring (bicyclic) bond motifs is 2. The fourth-order valence-corrected chi connectivity index (χ4v) is 4.50. The van der Waals surface area contributed by atoms with Crippen molar-refractivity contribution in [2.75, 3.05) is 0 Å². The third-order valence-electron chi connectivity index (χ3n) is 6.18. The second-order valence-electron chi connectivity index (χ2n) is 10.1. The highest BCUT2D eigenvalue weighted by Gasteiger charge is 2.22. The molecule has 0 spiro atoms. The normalized spacial score (nSPS) is 13.5. The fourth-order valence-electron chi connectivity index (χ4n) is 4.50. The van der Waals surface area contributed by atoms with E-state index in [-0.39, 0.29) is 11.8 Å². The Morgan fingerprint density at radius 2 is 1.06 bits per heavy atom. The smallest absolute Gasteiger partial charge is 0.326 e. The van der Waals surface area contributed by atoms with Crippen molar-refractivity contribution in [1.29, 1.82) is 0 Å². The summed E-state index contributed by atoms with van der Waals surface area (Å²) in [6.07, 6.45) is 8.55. The van der Waals surface area contributed by atoms with E-state index in [1.807, 2.05) is 88.9 Å². The predicted molar refractivity (Wildman–Crippen MR) is 136 cm³/mol. The summed E-state index contributed by atoms with van der Waals surface area (Å²) in [7, 11) is 0. The first-order valence-electron chi connectivity index (χ1n) is 12.0. The molecule has 184 valence electrons. The summed E-state index contributed by atoms with van der Waals surface area (Å²) in [4.78, 5) is 23.6. The molecule has 7 nitrogen and oxygen atoms in total. The molecule has 0 saturated heterocycles. The molecule has 0 aliphatic heterocycles. The second kappa shape index (κ2) is 9.86. The van der Waals surface area contributed by atoms with Gasteiger partial charge < -0.3 is 24.1 Å². The van der Waals surface area contributed by atoms with Crippen molar-refractivity contribution in [3.8, 4) is 11.5 Å². The monoisotopic (exact) mass is 476 g/mol. The molecule has 0 aliphatic rings. The van der Waals surface area contributed by atoms with Crippen molar-refractivity contribution in [3.05, 3.63) is 61.2 Å². The van der Waals surface area contributed by atoms with Crippen LogP contribution in [0.3, 0.4) is 0 Å². The van der Waals surface area contributed by atoms with Gasteiger partial charge >= 0.3 is 11.9 Å². The summed E-state index contributed by atoms with van der Waals surface area (Å²) in [5.74, 6) is 0.146. The van der Waals surface area contributed by atoms with Gasteiger partial charge in [-0.15, -0.1) is 0 Å². The summed E-state index contributed by atoms with van der Waals surface area (Å²) < 4.78 is 9.64. The molecule has 4 aromatic rings. The van der Waals surface area contributed by atoms with Gasteiger partial charge in [0.25, 0.3) is 0 Å². The van der Waals surface area contributed by atoms with E-state index in [4.69, 9.17) is 4.74 Å². The quantitative estimate of drug-likeness (QED) is 0.265. The summed E-state index contributed by atoms with van der Waals surface area (Å²) in [6.45, 7) is 8.06. The van der Waals surface area contributed by atoms with Crippen LogP contribution in [-0.2, 0) is 9.59 Å². The van der Waals surface area contributed by atoms with E-state index in [1.54, 1.807) is 9.13 Å². The van der Waals surface area contributed by atoms with Crippen LogP contribution in [0.4, 0.5) is 0 Å². The molecular weight excluding hydrogens is 444 g/mol. The lowest BCUT2D eigenvalue weighted by atomic mass is 10.0. The van der Waals surface area contributed by atoms with E-state index in [9.17, 15) is 19.8 Å². The zero-order chi connectivity index (χ0) is 25.3. The highest BCUT2D eigenvalue weighted by molar-refractivity contribution is 5.86. The zero-order valence-corrected chi connectivity index (χ0v) is 20.5. The van der Waals surface area contributed by atoms with E-state index < -0.39 is 24.0 Å². The third-order valence-corrected chi connectivity index (χ3v) is 6.18. The first-order chi connectivity index (χ1) is 16.6. The van der Waals surface area contributed by atoms with E-state index in [0.29, 0.717) is 24.3 Å². The number of aromatic nitrogens is 2. The minimum Gasteiger partial charge on any atom is -0.480 e. The Hall–Kier alpha value is -3.74. The Bertz CT molecular complexity index is 1260. The first-order valence-corrected chi connectivity index (χ1v) is 12.0. The average Bonchev–Trinajstić information content (AvgIpc) is 3.38. The number of carbonyl (C=O) groups is 2.